The lowest BCUT2D eigenvalue weighted by Gasteiger charge is -2.06. The van der Waals surface area contributed by atoms with E-state index in [2.05, 4.69) is 25.3 Å². The van der Waals surface area contributed by atoms with E-state index < -0.39 is 0 Å². The summed E-state index contributed by atoms with van der Waals surface area (Å²) in [6.45, 7) is 0.556. The second-order valence-corrected chi connectivity index (χ2v) is 4.94. The van der Waals surface area contributed by atoms with Gasteiger partial charge in [0.05, 0.1) is 23.1 Å². The summed E-state index contributed by atoms with van der Waals surface area (Å²) >= 11 is 0. The Bertz CT molecular complexity index is 949. The van der Waals surface area contributed by atoms with Crippen molar-refractivity contribution in [1.29, 1.82) is 0 Å². The summed E-state index contributed by atoms with van der Waals surface area (Å²) in [4.78, 5) is 15.9. The van der Waals surface area contributed by atoms with Crippen LogP contribution in [-0.4, -0.2) is 19.9 Å². The topological polar surface area (TPSA) is 66.5 Å². The molecule has 0 bridgehead atoms. The van der Waals surface area contributed by atoms with E-state index >= 15 is 0 Å². The van der Waals surface area contributed by atoms with E-state index in [1.165, 1.54) is 18.5 Å². The molecule has 0 amide bonds. The van der Waals surface area contributed by atoms with Crippen molar-refractivity contribution in [2.75, 3.05) is 5.32 Å². The van der Waals surface area contributed by atoms with E-state index in [-0.39, 0.29) is 5.82 Å². The minimum absolute atomic E-state index is 0.282. The smallest absolute Gasteiger partial charge is 0.143 e. The number of hydrogen-bond acceptors (Lipinski definition) is 4. The average molecular weight is 293 g/mol. The molecule has 0 spiro atoms. The molecule has 5 nitrogen and oxygen atoms in total. The van der Waals surface area contributed by atoms with Crippen molar-refractivity contribution in [2.45, 2.75) is 6.54 Å². The fourth-order valence-electron chi connectivity index (χ4n) is 2.51. The van der Waals surface area contributed by atoms with Crippen LogP contribution in [-0.2, 0) is 6.54 Å². The Morgan fingerprint density at radius 3 is 2.91 bits per heavy atom. The minimum Gasteiger partial charge on any atom is -0.364 e. The van der Waals surface area contributed by atoms with Crippen molar-refractivity contribution in [3.05, 3.63) is 60.4 Å². The summed E-state index contributed by atoms with van der Waals surface area (Å²) in [6, 6.07) is 10.4. The number of aromatic amines is 1. The number of anilines is 1. The molecule has 0 aliphatic carbocycles. The van der Waals surface area contributed by atoms with E-state index in [1.807, 2.05) is 18.2 Å². The van der Waals surface area contributed by atoms with Crippen molar-refractivity contribution in [3.8, 4) is 0 Å². The lowest BCUT2D eigenvalue weighted by atomic mass is 10.2. The van der Waals surface area contributed by atoms with Gasteiger partial charge in [-0.3, -0.25) is 4.98 Å². The minimum atomic E-state index is -0.282. The first-order valence-electron chi connectivity index (χ1n) is 6.87. The molecule has 3 heterocycles. The van der Waals surface area contributed by atoms with E-state index in [9.17, 15) is 4.39 Å². The van der Waals surface area contributed by atoms with Crippen LogP contribution in [0.2, 0.25) is 0 Å². The summed E-state index contributed by atoms with van der Waals surface area (Å²) in [5, 5.41) is 5.01. The van der Waals surface area contributed by atoms with E-state index in [0.29, 0.717) is 23.5 Å². The van der Waals surface area contributed by atoms with E-state index in [1.54, 1.807) is 12.3 Å². The summed E-state index contributed by atoms with van der Waals surface area (Å²) in [6.07, 6.45) is 3.23. The first-order chi connectivity index (χ1) is 10.8. The molecule has 108 valence electrons. The maximum absolute atomic E-state index is 13.4. The highest BCUT2D eigenvalue weighted by molar-refractivity contribution is 6.10. The van der Waals surface area contributed by atoms with Crippen molar-refractivity contribution in [3.63, 3.8) is 0 Å². The normalized spacial score (nSPS) is 11.1. The Balaban J connectivity index is 1.78. The van der Waals surface area contributed by atoms with Crippen LogP contribution in [0.25, 0.3) is 21.9 Å². The Morgan fingerprint density at radius 1 is 1.09 bits per heavy atom. The molecule has 0 aliphatic heterocycles. The second kappa shape index (κ2) is 5.07. The quantitative estimate of drug-likeness (QED) is 0.608. The monoisotopic (exact) mass is 293 g/mol. The molecule has 4 rings (SSSR count). The molecule has 22 heavy (non-hydrogen) atoms. The molecule has 0 aliphatic rings. The number of halogens is 1. The Kier molecular flexibility index (Phi) is 2.93. The predicted octanol–water partition coefficient (Wildman–Crippen LogP) is 3.26. The standard InChI is InChI=1S/C16H12FN5/c17-10-4-5-12-13(7-10)22-16-14(12)15(20-9-21-16)19-8-11-3-1-2-6-18-11/h1-7,9H,8H2,(H2,19,20,21,22). The van der Waals surface area contributed by atoms with E-state index in [4.69, 9.17) is 0 Å². The zero-order chi connectivity index (χ0) is 14.9. The van der Waals surface area contributed by atoms with Gasteiger partial charge >= 0.3 is 0 Å². The van der Waals surface area contributed by atoms with Crippen molar-refractivity contribution < 1.29 is 4.39 Å². The molecule has 3 aromatic heterocycles. The van der Waals surface area contributed by atoms with Crippen LogP contribution < -0.4 is 5.32 Å². The molecule has 1 aromatic carbocycles. The van der Waals surface area contributed by atoms with Gasteiger partial charge in [0, 0.05) is 11.6 Å². The number of benzene rings is 1. The van der Waals surface area contributed by atoms with Crippen LogP contribution in [0.1, 0.15) is 5.69 Å². The number of aromatic nitrogens is 4. The summed E-state index contributed by atoms with van der Waals surface area (Å²) < 4.78 is 13.4. The van der Waals surface area contributed by atoms with Gasteiger partial charge < -0.3 is 10.3 Å². The fourth-order valence-corrected chi connectivity index (χ4v) is 2.51. The number of nitrogens with one attached hydrogen (secondary N) is 2. The number of nitrogens with zero attached hydrogens (tertiary/aromatic N) is 3. The van der Waals surface area contributed by atoms with Crippen LogP contribution in [0.3, 0.4) is 0 Å². The highest BCUT2D eigenvalue weighted by Crippen LogP contribution is 2.29. The van der Waals surface area contributed by atoms with E-state index in [0.717, 1.165) is 16.5 Å². The van der Waals surface area contributed by atoms with Crippen LogP contribution in [0.5, 0.6) is 0 Å². The van der Waals surface area contributed by atoms with Gasteiger partial charge in [0.25, 0.3) is 0 Å². The zero-order valence-corrected chi connectivity index (χ0v) is 11.5. The first-order valence-corrected chi connectivity index (χ1v) is 6.87. The fraction of sp³-hybridized carbons (Fsp3) is 0.0625. The third-order valence-electron chi connectivity index (χ3n) is 3.51. The third-order valence-corrected chi connectivity index (χ3v) is 3.51. The molecule has 2 N–H and O–H groups in total. The Hall–Kier alpha value is -3.02. The molecule has 0 atom stereocenters. The van der Waals surface area contributed by atoms with Gasteiger partial charge in [0.2, 0.25) is 0 Å². The third kappa shape index (κ3) is 2.14. The average Bonchev–Trinajstić information content (AvgIpc) is 2.91. The number of hydrogen-bond donors (Lipinski definition) is 2. The molecular weight excluding hydrogens is 281 g/mol. The van der Waals surface area contributed by atoms with Gasteiger partial charge in [-0.15, -0.1) is 0 Å². The predicted molar refractivity (Wildman–Crippen MR) is 82.9 cm³/mol. The summed E-state index contributed by atoms with van der Waals surface area (Å²) in [5.74, 6) is 0.420. The number of pyridine rings is 1. The molecule has 0 unspecified atom stereocenters. The van der Waals surface area contributed by atoms with Crippen LogP contribution in [0.15, 0.2) is 48.9 Å². The number of rotatable bonds is 3. The molecule has 0 saturated heterocycles. The molecule has 0 fully saturated rings. The van der Waals surface area contributed by atoms with Gasteiger partial charge in [-0.1, -0.05) is 6.07 Å². The molecule has 4 aromatic rings. The SMILES string of the molecule is Fc1ccc2c(c1)[nH]c1ncnc(NCc3ccccn3)c12. The molecule has 0 saturated carbocycles. The zero-order valence-electron chi connectivity index (χ0n) is 11.5. The molecular formula is C16H12FN5. The highest BCUT2D eigenvalue weighted by atomic mass is 19.1. The number of H-pyrrole nitrogens is 1. The molecule has 0 radical (unpaired) electrons. The van der Waals surface area contributed by atoms with Crippen LogP contribution >= 0.6 is 0 Å². The Labute approximate surface area is 125 Å². The first kappa shape index (κ1) is 12.7. The maximum atomic E-state index is 13.4. The molecule has 6 heteroatoms. The van der Waals surface area contributed by atoms with Gasteiger partial charge in [0.1, 0.15) is 23.6 Å². The summed E-state index contributed by atoms with van der Waals surface area (Å²) in [7, 11) is 0. The van der Waals surface area contributed by atoms with Crippen molar-refractivity contribution in [1.82, 2.24) is 19.9 Å². The highest BCUT2D eigenvalue weighted by Gasteiger charge is 2.11. The van der Waals surface area contributed by atoms with Crippen molar-refractivity contribution >= 4 is 27.8 Å². The number of fused-ring (bicyclic) bond motifs is 3. The van der Waals surface area contributed by atoms with Gasteiger partial charge in [-0.05, 0) is 30.3 Å². The van der Waals surface area contributed by atoms with Crippen LogP contribution in [0.4, 0.5) is 10.2 Å². The van der Waals surface area contributed by atoms with Crippen LogP contribution in [0, 0.1) is 5.82 Å². The summed E-state index contributed by atoms with van der Waals surface area (Å²) in [5.41, 5.74) is 2.30. The van der Waals surface area contributed by atoms with Gasteiger partial charge in [-0.25, -0.2) is 14.4 Å². The van der Waals surface area contributed by atoms with Crippen molar-refractivity contribution in [2.24, 2.45) is 0 Å². The second-order valence-electron chi connectivity index (χ2n) is 4.94. The van der Waals surface area contributed by atoms with Gasteiger partial charge in [-0.2, -0.15) is 0 Å². The Morgan fingerprint density at radius 2 is 2.05 bits per heavy atom. The van der Waals surface area contributed by atoms with Gasteiger partial charge in [0.15, 0.2) is 0 Å². The lowest BCUT2D eigenvalue weighted by molar-refractivity contribution is 0.629. The maximum Gasteiger partial charge on any atom is 0.143 e. The largest absolute Gasteiger partial charge is 0.364 e. The lowest BCUT2D eigenvalue weighted by Crippen LogP contribution is -2.03.